The first-order valence-corrected chi connectivity index (χ1v) is 12.9. The summed E-state index contributed by atoms with van der Waals surface area (Å²) in [5.41, 5.74) is 1.70. The van der Waals surface area contributed by atoms with Gasteiger partial charge in [0.25, 0.3) is 0 Å². The zero-order chi connectivity index (χ0) is 24.2. The van der Waals surface area contributed by atoms with Gasteiger partial charge < -0.3 is 14.6 Å². The molecule has 0 amide bonds. The van der Waals surface area contributed by atoms with Crippen molar-refractivity contribution < 1.29 is 19.4 Å². The number of carbonyl (C=O) groups excluding carboxylic acids is 1. The van der Waals surface area contributed by atoms with Gasteiger partial charge in [0.1, 0.15) is 29.6 Å². The van der Waals surface area contributed by atoms with Crippen LogP contribution in [0.3, 0.4) is 0 Å². The highest BCUT2D eigenvalue weighted by Crippen LogP contribution is 2.43. The molecule has 1 fully saturated rings. The summed E-state index contributed by atoms with van der Waals surface area (Å²) in [4.78, 5) is 15.4. The van der Waals surface area contributed by atoms with Gasteiger partial charge >= 0.3 is 0 Å². The number of ketones is 1. The molecule has 0 saturated carbocycles. The Kier molecular flexibility index (Phi) is 7.02. The van der Waals surface area contributed by atoms with Gasteiger partial charge in [-0.1, -0.05) is 12.5 Å². The number of likely N-dealkylation sites (tertiary alicyclic amines) is 1. The van der Waals surface area contributed by atoms with Crippen molar-refractivity contribution in [2.45, 2.75) is 26.2 Å². The van der Waals surface area contributed by atoms with Crippen molar-refractivity contribution in [2.24, 2.45) is 0 Å². The lowest BCUT2D eigenvalue weighted by atomic mass is 9.99. The Labute approximate surface area is 209 Å². The van der Waals surface area contributed by atoms with Gasteiger partial charge in [0.15, 0.2) is 5.78 Å². The van der Waals surface area contributed by atoms with Crippen molar-refractivity contribution in [2.75, 3.05) is 26.2 Å². The van der Waals surface area contributed by atoms with E-state index >= 15 is 0 Å². The molecule has 1 aliphatic heterocycles. The molecule has 4 aromatic rings. The Hall–Kier alpha value is -3.35. The number of nitrogens with zero attached hydrogens (tertiary/aromatic N) is 1. The molecule has 0 atom stereocenters. The second kappa shape index (κ2) is 10.5. The number of phenolic OH excluding ortho intramolecular Hbond substituents is 1. The van der Waals surface area contributed by atoms with E-state index < -0.39 is 0 Å². The average molecular weight is 488 g/mol. The van der Waals surface area contributed by atoms with Crippen molar-refractivity contribution in [3.63, 3.8) is 0 Å². The second-order valence-corrected chi connectivity index (χ2v) is 9.81. The minimum atomic E-state index is 0.0257. The number of carbonyl (C=O) groups is 1. The van der Waals surface area contributed by atoms with E-state index in [1.807, 2.05) is 53.9 Å². The Bertz CT molecular complexity index is 1320. The molecule has 0 spiro atoms. The van der Waals surface area contributed by atoms with E-state index in [1.165, 1.54) is 30.6 Å². The zero-order valence-electron chi connectivity index (χ0n) is 19.8. The SMILES string of the molecule is CC(=O)c1sccc1-c1ccc2cc(O)ccc2c1Oc1ccc(OCCN2CCCCC2)cc1. The monoisotopic (exact) mass is 487 g/mol. The first-order valence-electron chi connectivity index (χ1n) is 12.1. The van der Waals surface area contributed by atoms with Gasteiger partial charge in [0.05, 0.1) is 4.88 Å². The number of thiophene rings is 1. The summed E-state index contributed by atoms with van der Waals surface area (Å²) in [5, 5.41) is 13.6. The van der Waals surface area contributed by atoms with Gasteiger partial charge in [0.2, 0.25) is 0 Å². The van der Waals surface area contributed by atoms with Crippen LogP contribution in [0.2, 0.25) is 0 Å². The smallest absolute Gasteiger partial charge is 0.170 e. The second-order valence-electron chi connectivity index (χ2n) is 8.89. The van der Waals surface area contributed by atoms with Crippen LogP contribution in [0.25, 0.3) is 21.9 Å². The minimum absolute atomic E-state index is 0.0257. The molecule has 180 valence electrons. The molecule has 3 aromatic carbocycles. The predicted molar refractivity (Wildman–Crippen MR) is 141 cm³/mol. The van der Waals surface area contributed by atoms with Crippen LogP contribution < -0.4 is 9.47 Å². The number of Topliss-reactive ketones (excluding diaryl/α,β-unsaturated/α-hetero) is 1. The van der Waals surface area contributed by atoms with Crippen molar-refractivity contribution in [1.82, 2.24) is 4.90 Å². The summed E-state index contributed by atoms with van der Waals surface area (Å²) in [6.07, 6.45) is 3.89. The predicted octanol–water partition coefficient (Wildman–Crippen LogP) is 7.13. The fraction of sp³-hybridized carbons (Fsp3) is 0.276. The number of hydrogen-bond acceptors (Lipinski definition) is 6. The van der Waals surface area contributed by atoms with E-state index in [4.69, 9.17) is 9.47 Å². The van der Waals surface area contributed by atoms with Gasteiger partial charge in [-0.15, -0.1) is 11.3 Å². The lowest BCUT2D eigenvalue weighted by molar-refractivity contribution is 0.102. The third kappa shape index (κ3) is 5.34. The Morgan fingerprint density at radius 3 is 2.49 bits per heavy atom. The molecular weight excluding hydrogens is 458 g/mol. The van der Waals surface area contributed by atoms with Gasteiger partial charge in [-0.25, -0.2) is 0 Å². The number of piperidine rings is 1. The Morgan fingerprint density at radius 2 is 1.71 bits per heavy atom. The minimum Gasteiger partial charge on any atom is -0.508 e. The molecule has 5 nitrogen and oxygen atoms in total. The third-order valence-corrected chi connectivity index (χ3v) is 7.41. The summed E-state index contributed by atoms with van der Waals surface area (Å²) < 4.78 is 12.4. The van der Waals surface area contributed by atoms with Crippen LogP contribution in [0.5, 0.6) is 23.0 Å². The summed E-state index contributed by atoms with van der Waals surface area (Å²) >= 11 is 1.43. The van der Waals surface area contributed by atoms with E-state index in [-0.39, 0.29) is 11.5 Å². The Balaban J connectivity index is 1.39. The summed E-state index contributed by atoms with van der Waals surface area (Å²) in [6, 6.07) is 18.7. The summed E-state index contributed by atoms with van der Waals surface area (Å²) in [7, 11) is 0. The topological polar surface area (TPSA) is 59.0 Å². The fourth-order valence-electron chi connectivity index (χ4n) is 4.60. The molecule has 0 radical (unpaired) electrons. The summed E-state index contributed by atoms with van der Waals surface area (Å²) in [5.74, 6) is 2.37. The molecule has 2 heterocycles. The molecule has 0 unspecified atom stereocenters. The average Bonchev–Trinajstić information content (AvgIpc) is 3.36. The van der Waals surface area contributed by atoms with Crippen LogP contribution in [-0.2, 0) is 0 Å². The first-order chi connectivity index (χ1) is 17.1. The van der Waals surface area contributed by atoms with Gasteiger partial charge in [0, 0.05) is 23.1 Å². The molecule has 0 aliphatic carbocycles. The van der Waals surface area contributed by atoms with Gasteiger partial charge in [-0.05, 0) is 98.2 Å². The lowest BCUT2D eigenvalue weighted by Gasteiger charge is -2.26. The van der Waals surface area contributed by atoms with Crippen LogP contribution in [0, 0.1) is 0 Å². The van der Waals surface area contributed by atoms with Crippen molar-refractivity contribution in [3.8, 4) is 34.1 Å². The maximum atomic E-state index is 12.2. The number of ether oxygens (including phenoxy) is 2. The van der Waals surface area contributed by atoms with Crippen molar-refractivity contribution in [3.05, 3.63) is 70.9 Å². The van der Waals surface area contributed by atoms with Gasteiger partial charge in [-0.3, -0.25) is 9.69 Å². The fourth-order valence-corrected chi connectivity index (χ4v) is 5.41. The summed E-state index contributed by atoms with van der Waals surface area (Å²) in [6.45, 7) is 5.53. The zero-order valence-corrected chi connectivity index (χ0v) is 20.6. The maximum Gasteiger partial charge on any atom is 0.170 e. The first kappa shape index (κ1) is 23.4. The highest BCUT2D eigenvalue weighted by atomic mass is 32.1. The molecule has 0 bridgehead atoms. The third-order valence-electron chi connectivity index (χ3n) is 6.40. The molecule has 35 heavy (non-hydrogen) atoms. The quantitative estimate of drug-likeness (QED) is 0.268. The molecule has 1 aliphatic rings. The molecule has 1 N–H and O–H groups in total. The molecule has 5 rings (SSSR count). The van der Waals surface area contributed by atoms with E-state index in [1.54, 1.807) is 19.1 Å². The van der Waals surface area contributed by atoms with Crippen LogP contribution in [0.1, 0.15) is 35.9 Å². The van der Waals surface area contributed by atoms with Crippen LogP contribution in [0.4, 0.5) is 0 Å². The van der Waals surface area contributed by atoms with E-state index in [2.05, 4.69) is 4.90 Å². The molecule has 1 saturated heterocycles. The van der Waals surface area contributed by atoms with Crippen LogP contribution in [-0.4, -0.2) is 42.0 Å². The number of rotatable bonds is 8. The molecule has 6 heteroatoms. The van der Waals surface area contributed by atoms with Crippen LogP contribution in [0.15, 0.2) is 66.0 Å². The molecule has 1 aromatic heterocycles. The number of aromatic hydroxyl groups is 1. The van der Waals surface area contributed by atoms with Crippen molar-refractivity contribution >= 4 is 27.9 Å². The van der Waals surface area contributed by atoms with Crippen LogP contribution >= 0.6 is 11.3 Å². The lowest BCUT2D eigenvalue weighted by Crippen LogP contribution is -2.33. The van der Waals surface area contributed by atoms with E-state index in [0.717, 1.165) is 47.3 Å². The Morgan fingerprint density at radius 1 is 0.943 bits per heavy atom. The normalized spacial score (nSPS) is 14.2. The van der Waals surface area contributed by atoms with Crippen molar-refractivity contribution in [1.29, 1.82) is 0 Å². The number of fused-ring (bicyclic) bond motifs is 1. The standard InChI is InChI=1S/C29H29NO4S/c1-20(31)29-27(13-18-35-29)26-11-5-21-19-22(32)6-12-25(21)28(26)34-24-9-7-23(8-10-24)33-17-16-30-14-3-2-4-15-30/h5-13,18-19,32H,2-4,14-17H2,1H3. The largest absolute Gasteiger partial charge is 0.508 e. The number of hydrogen-bond donors (Lipinski definition) is 1. The highest BCUT2D eigenvalue weighted by Gasteiger charge is 2.18. The highest BCUT2D eigenvalue weighted by molar-refractivity contribution is 7.12. The van der Waals surface area contributed by atoms with E-state index in [0.29, 0.717) is 23.0 Å². The molecular formula is C29H29NO4S. The maximum absolute atomic E-state index is 12.2. The number of benzene rings is 3. The number of phenols is 1. The van der Waals surface area contributed by atoms with Gasteiger partial charge in [-0.2, -0.15) is 0 Å². The van der Waals surface area contributed by atoms with E-state index in [9.17, 15) is 9.90 Å².